The highest BCUT2D eigenvalue weighted by molar-refractivity contribution is 7.89. The van der Waals surface area contributed by atoms with E-state index in [1.165, 1.54) is 17.1 Å². The molecule has 1 amide bonds. The molecule has 0 aromatic carbocycles. The molecule has 3 heterocycles. The number of sulfonamides is 1. The molecular weight excluding hydrogens is 380 g/mol. The maximum Gasteiger partial charge on any atom is 0.248 e. The van der Waals surface area contributed by atoms with E-state index in [2.05, 4.69) is 22.4 Å². The van der Waals surface area contributed by atoms with Crippen molar-refractivity contribution >= 4 is 15.9 Å². The predicted octanol–water partition coefficient (Wildman–Crippen LogP) is 1.54. The molecule has 1 aromatic heterocycles. The number of amides is 1. The van der Waals surface area contributed by atoms with Gasteiger partial charge in [0.1, 0.15) is 10.6 Å². The number of likely N-dealkylation sites (tertiary alicyclic amines) is 1. The van der Waals surface area contributed by atoms with Gasteiger partial charge in [-0.05, 0) is 72.0 Å². The van der Waals surface area contributed by atoms with Crippen molar-refractivity contribution < 1.29 is 17.7 Å². The number of aromatic nitrogens is 1. The summed E-state index contributed by atoms with van der Waals surface area (Å²) in [5, 5.41) is 6.79. The summed E-state index contributed by atoms with van der Waals surface area (Å²) in [7, 11) is -1.55. The van der Waals surface area contributed by atoms with Crippen LogP contribution in [0.5, 0.6) is 0 Å². The van der Waals surface area contributed by atoms with Crippen molar-refractivity contribution in [2.45, 2.75) is 50.8 Å². The standard InChI is InChI=1S/C19H32N4O4S/c1-14-18(15(2)27-21-14)28(25,26)23-10-4-5-17(13-23)19(24)20-9-6-16-7-11-22(3)12-8-16/h16-17H,4-13H2,1-3H3,(H,20,24). The Morgan fingerprint density at radius 1 is 1.21 bits per heavy atom. The fourth-order valence-electron chi connectivity index (χ4n) is 4.24. The van der Waals surface area contributed by atoms with Gasteiger partial charge in [0, 0.05) is 19.6 Å². The van der Waals surface area contributed by atoms with E-state index in [0.29, 0.717) is 43.3 Å². The van der Waals surface area contributed by atoms with E-state index in [1.54, 1.807) is 13.8 Å². The van der Waals surface area contributed by atoms with Gasteiger partial charge in [0.15, 0.2) is 5.76 Å². The molecule has 2 aliphatic rings. The highest BCUT2D eigenvalue weighted by Crippen LogP contribution is 2.28. The topological polar surface area (TPSA) is 95.8 Å². The average molecular weight is 413 g/mol. The molecule has 158 valence electrons. The van der Waals surface area contributed by atoms with Gasteiger partial charge >= 0.3 is 0 Å². The molecule has 0 radical (unpaired) electrons. The fraction of sp³-hybridized carbons (Fsp3) is 0.789. The van der Waals surface area contributed by atoms with E-state index in [-0.39, 0.29) is 23.3 Å². The third-order valence-electron chi connectivity index (χ3n) is 6.01. The lowest BCUT2D eigenvalue weighted by molar-refractivity contribution is -0.126. The number of carbonyl (C=O) groups excluding carboxylic acids is 1. The van der Waals surface area contributed by atoms with Gasteiger partial charge in [0.2, 0.25) is 15.9 Å². The lowest BCUT2D eigenvalue weighted by Gasteiger charge is -2.31. The third kappa shape index (κ3) is 4.75. The van der Waals surface area contributed by atoms with E-state index in [4.69, 9.17) is 4.52 Å². The minimum atomic E-state index is -3.70. The largest absolute Gasteiger partial charge is 0.360 e. The van der Waals surface area contributed by atoms with Gasteiger partial charge in [-0.3, -0.25) is 4.79 Å². The summed E-state index contributed by atoms with van der Waals surface area (Å²) in [5.74, 6) is 0.620. The van der Waals surface area contributed by atoms with Crippen LogP contribution in [-0.4, -0.2) is 68.5 Å². The number of hydrogen-bond donors (Lipinski definition) is 1. The molecule has 9 heteroatoms. The van der Waals surface area contributed by atoms with Crippen molar-refractivity contribution in [3.8, 4) is 0 Å². The van der Waals surface area contributed by atoms with Crippen LogP contribution in [0.1, 0.15) is 43.6 Å². The van der Waals surface area contributed by atoms with E-state index in [0.717, 1.165) is 19.5 Å². The molecule has 2 fully saturated rings. The first kappa shape index (κ1) is 21.3. The van der Waals surface area contributed by atoms with Crippen molar-refractivity contribution in [1.29, 1.82) is 0 Å². The van der Waals surface area contributed by atoms with Crippen molar-refractivity contribution in [2.75, 3.05) is 39.8 Å². The second-order valence-electron chi connectivity index (χ2n) is 8.18. The minimum Gasteiger partial charge on any atom is -0.360 e. The molecule has 1 unspecified atom stereocenters. The zero-order chi connectivity index (χ0) is 20.3. The Balaban J connectivity index is 1.53. The molecule has 0 saturated carbocycles. The van der Waals surface area contributed by atoms with E-state index < -0.39 is 10.0 Å². The van der Waals surface area contributed by atoms with Crippen molar-refractivity contribution in [1.82, 2.24) is 19.7 Å². The summed E-state index contributed by atoms with van der Waals surface area (Å²) in [6.07, 6.45) is 4.75. The molecule has 0 spiro atoms. The number of carbonyl (C=O) groups is 1. The fourth-order valence-corrected chi connectivity index (χ4v) is 6.06. The number of aryl methyl sites for hydroxylation is 2. The zero-order valence-electron chi connectivity index (χ0n) is 17.1. The quantitative estimate of drug-likeness (QED) is 0.761. The van der Waals surface area contributed by atoms with E-state index in [9.17, 15) is 13.2 Å². The maximum absolute atomic E-state index is 13.0. The summed E-state index contributed by atoms with van der Waals surface area (Å²) < 4.78 is 32.4. The van der Waals surface area contributed by atoms with Crippen LogP contribution < -0.4 is 5.32 Å². The second-order valence-corrected chi connectivity index (χ2v) is 10.1. The Morgan fingerprint density at radius 2 is 1.93 bits per heavy atom. The normalized spacial score (nSPS) is 23.0. The Hall–Kier alpha value is -1.45. The van der Waals surface area contributed by atoms with E-state index >= 15 is 0 Å². The second kappa shape index (κ2) is 8.92. The molecule has 2 saturated heterocycles. The monoisotopic (exact) mass is 412 g/mol. The first-order valence-corrected chi connectivity index (χ1v) is 11.6. The Morgan fingerprint density at radius 3 is 2.57 bits per heavy atom. The molecule has 28 heavy (non-hydrogen) atoms. The van der Waals surface area contributed by atoms with Gasteiger partial charge in [-0.25, -0.2) is 8.42 Å². The van der Waals surface area contributed by atoms with Crippen LogP contribution >= 0.6 is 0 Å². The predicted molar refractivity (Wildman–Crippen MR) is 105 cm³/mol. The summed E-state index contributed by atoms with van der Waals surface area (Å²) in [6.45, 7) is 6.77. The van der Waals surface area contributed by atoms with Crippen molar-refractivity contribution in [2.24, 2.45) is 11.8 Å². The van der Waals surface area contributed by atoms with Gasteiger partial charge < -0.3 is 14.7 Å². The number of nitrogens with zero attached hydrogens (tertiary/aromatic N) is 3. The van der Waals surface area contributed by atoms with Crippen LogP contribution in [-0.2, 0) is 14.8 Å². The number of hydrogen-bond acceptors (Lipinski definition) is 6. The smallest absolute Gasteiger partial charge is 0.248 e. The molecule has 1 aromatic rings. The van der Waals surface area contributed by atoms with Crippen LogP contribution in [0.25, 0.3) is 0 Å². The molecule has 8 nitrogen and oxygen atoms in total. The van der Waals surface area contributed by atoms with Crippen LogP contribution in [0.3, 0.4) is 0 Å². The molecule has 2 aliphatic heterocycles. The molecule has 3 rings (SSSR count). The molecular formula is C19H32N4O4S. The summed E-state index contributed by atoms with van der Waals surface area (Å²) in [5.41, 5.74) is 0.363. The third-order valence-corrected chi connectivity index (χ3v) is 8.12. The number of nitrogens with one attached hydrogen (secondary N) is 1. The van der Waals surface area contributed by atoms with Crippen LogP contribution in [0.2, 0.25) is 0 Å². The van der Waals surface area contributed by atoms with Gasteiger partial charge in [0.05, 0.1) is 5.92 Å². The first-order valence-electron chi connectivity index (χ1n) is 10.2. The average Bonchev–Trinajstić information content (AvgIpc) is 3.02. The first-order chi connectivity index (χ1) is 13.3. The maximum atomic E-state index is 13.0. The van der Waals surface area contributed by atoms with Gasteiger partial charge in [-0.2, -0.15) is 4.31 Å². The highest BCUT2D eigenvalue weighted by Gasteiger charge is 2.36. The number of piperidine rings is 2. The molecule has 0 aliphatic carbocycles. The number of rotatable bonds is 6. The van der Waals surface area contributed by atoms with Gasteiger partial charge in [0.25, 0.3) is 0 Å². The summed E-state index contributed by atoms with van der Waals surface area (Å²) >= 11 is 0. The van der Waals surface area contributed by atoms with Crippen LogP contribution in [0, 0.1) is 25.7 Å². The lowest BCUT2D eigenvalue weighted by atomic mass is 9.93. The molecule has 0 bridgehead atoms. The van der Waals surface area contributed by atoms with Crippen LogP contribution in [0.15, 0.2) is 9.42 Å². The van der Waals surface area contributed by atoms with Crippen molar-refractivity contribution in [3.05, 3.63) is 11.5 Å². The van der Waals surface area contributed by atoms with Gasteiger partial charge in [-0.15, -0.1) is 0 Å². The van der Waals surface area contributed by atoms with E-state index in [1.807, 2.05) is 0 Å². The Labute approximate surface area is 167 Å². The van der Waals surface area contributed by atoms with Crippen LogP contribution in [0.4, 0.5) is 0 Å². The minimum absolute atomic E-state index is 0.0356. The summed E-state index contributed by atoms with van der Waals surface area (Å²) in [6, 6.07) is 0. The molecule has 1 N–H and O–H groups in total. The Kier molecular flexibility index (Phi) is 6.77. The zero-order valence-corrected chi connectivity index (χ0v) is 17.9. The summed E-state index contributed by atoms with van der Waals surface area (Å²) in [4.78, 5) is 15.1. The Bertz CT molecular complexity index is 764. The van der Waals surface area contributed by atoms with Gasteiger partial charge in [-0.1, -0.05) is 5.16 Å². The van der Waals surface area contributed by atoms with Crippen molar-refractivity contribution in [3.63, 3.8) is 0 Å². The highest BCUT2D eigenvalue weighted by atomic mass is 32.2. The lowest BCUT2D eigenvalue weighted by Crippen LogP contribution is -2.45. The SMILES string of the molecule is Cc1noc(C)c1S(=O)(=O)N1CCCC(C(=O)NCCC2CCN(C)CC2)C1. The molecule has 1 atom stereocenters.